The van der Waals surface area contributed by atoms with E-state index in [0.29, 0.717) is 10.8 Å². The van der Waals surface area contributed by atoms with Gasteiger partial charge in [0, 0.05) is 46.5 Å². The topological polar surface area (TPSA) is 92.3 Å². The van der Waals surface area contributed by atoms with Gasteiger partial charge in [0.05, 0.1) is 12.6 Å². The molecule has 0 aromatic carbocycles. The van der Waals surface area contributed by atoms with E-state index >= 15 is 0 Å². The summed E-state index contributed by atoms with van der Waals surface area (Å²) in [6, 6.07) is 3.33. The van der Waals surface area contributed by atoms with Gasteiger partial charge < -0.3 is 19.7 Å². The molecule has 1 aliphatic rings. The van der Waals surface area contributed by atoms with Crippen LogP contribution in [0, 0.1) is 0 Å². The third-order valence-electron chi connectivity index (χ3n) is 4.35. The summed E-state index contributed by atoms with van der Waals surface area (Å²) in [4.78, 5) is 6.80. The first-order valence-electron chi connectivity index (χ1n) is 9.73. The molecule has 2 rings (SSSR count). The van der Waals surface area contributed by atoms with Crippen molar-refractivity contribution < 1.29 is 17.9 Å². The van der Waals surface area contributed by atoms with Gasteiger partial charge in [-0.15, -0.1) is 11.3 Å². The molecule has 0 unspecified atom stereocenters. The Kier molecular flexibility index (Phi) is 10.2. The summed E-state index contributed by atoms with van der Waals surface area (Å²) in [7, 11) is -1.73. The van der Waals surface area contributed by atoms with Crippen molar-refractivity contribution in [3.8, 4) is 0 Å². The summed E-state index contributed by atoms with van der Waals surface area (Å²) in [5, 5.41) is 5.05. The maximum atomic E-state index is 12.1. The molecule has 1 fully saturated rings. The van der Waals surface area contributed by atoms with E-state index in [1.165, 1.54) is 11.3 Å². The van der Waals surface area contributed by atoms with E-state index in [2.05, 4.69) is 19.9 Å². The first-order chi connectivity index (χ1) is 13.6. The summed E-state index contributed by atoms with van der Waals surface area (Å²) in [5.74, 6) is 0.829. The van der Waals surface area contributed by atoms with Crippen molar-refractivity contribution in [2.45, 2.75) is 36.5 Å². The molecule has 2 N–H and O–H groups in total. The number of nitrogens with one attached hydrogen (secondary N) is 2. The van der Waals surface area contributed by atoms with E-state index in [0.717, 1.165) is 58.1 Å². The average molecular weight is 433 g/mol. The van der Waals surface area contributed by atoms with Gasteiger partial charge in [-0.3, -0.25) is 4.99 Å². The Bertz CT molecular complexity index is 672. The fourth-order valence-corrected chi connectivity index (χ4v) is 5.00. The number of rotatable bonds is 11. The van der Waals surface area contributed by atoms with Gasteiger partial charge in [-0.1, -0.05) is 6.07 Å². The number of hydrogen-bond acceptors (Lipinski definition) is 6. The quantitative estimate of drug-likeness (QED) is 0.313. The monoisotopic (exact) mass is 432 g/mol. The Balaban J connectivity index is 1.76. The highest BCUT2D eigenvalue weighted by molar-refractivity contribution is 7.91. The smallest absolute Gasteiger partial charge is 0.250 e. The molecule has 0 amide bonds. The first-order valence-corrected chi connectivity index (χ1v) is 12.1. The highest BCUT2D eigenvalue weighted by atomic mass is 32.2. The minimum atomic E-state index is -3.43. The molecule has 28 heavy (non-hydrogen) atoms. The predicted octanol–water partition coefficient (Wildman–Crippen LogP) is 1.51. The van der Waals surface area contributed by atoms with Gasteiger partial charge in [0.2, 0.25) is 10.0 Å². The summed E-state index contributed by atoms with van der Waals surface area (Å²) in [6.45, 7) is 6.68. The average Bonchev–Trinajstić information content (AvgIpc) is 3.24. The van der Waals surface area contributed by atoms with Crippen molar-refractivity contribution in [2.75, 3.05) is 53.0 Å². The lowest BCUT2D eigenvalue weighted by atomic mass is 10.1. The van der Waals surface area contributed by atoms with Crippen LogP contribution < -0.4 is 10.0 Å². The zero-order valence-corrected chi connectivity index (χ0v) is 18.4. The summed E-state index contributed by atoms with van der Waals surface area (Å²) < 4.78 is 38.1. The van der Waals surface area contributed by atoms with Crippen LogP contribution in [-0.2, 0) is 19.5 Å². The third kappa shape index (κ3) is 7.67. The largest absolute Gasteiger partial charge is 0.385 e. The molecule has 1 saturated heterocycles. The molecule has 1 aliphatic heterocycles. The Morgan fingerprint density at radius 2 is 2.14 bits per heavy atom. The molecule has 0 bridgehead atoms. The Hall–Kier alpha value is -1.20. The zero-order chi connectivity index (χ0) is 20.2. The second kappa shape index (κ2) is 12.4. The first kappa shape index (κ1) is 23.1. The SMILES string of the molecule is CCNC(=NCCNS(=O)(=O)c1cccs1)N1CCC(OCCCOC)CC1. The molecule has 160 valence electrons. The summed E-state index contributed by atoms with van der Waals surface area (Å²) in [6.07, 6.45) is 3.13. The molecular formula is C18H32N4O4S2. The minimum Gasteiger partial charge on any atom is -0.385 e. The molecule has 0 saturated carbocycles. The molecule has 0 spiro atoms. The number of ether oxygens (including phenoxy) is 2. The van der Waals surface area contributed by atoms with E-state index < -0.39 is 10.0 Å². The van der Waals surface area contributed by atoms with Crippen LogP contribution in [0.25, 0.3) is 0 Å². The minimum absolute atomic E-state index is 0.272. The molecule has 1 aromatic heterocycles. The highest BCUT2D eigenvalue weighted by Crippen LogP contribution is 2.15. The molecule has 0 radical (unpaired) electrons. The second-order valence-corrected chi connectivity index (χ2v) is 9.41. The number of thiophene rings is 1. The van der Waals surface area contributed by atoms with E-state index in [1.807, 2.05) is 6.92 Å². The van der Waals surface area contributed by atoms with Gasteiger partial charge in [0.15, 0.2) is 5.96 Å². The fourth-order valence-electron chi connectivity index (χ4n) is 2.94. The van der Waals surface area contributed by atoms with Crippen LogP contribution in [-0.4, -0.2) is 78.4 Å². The zero-order valence-electron chi connectivity index (χ0n) is 16.7. The second-order valence-electron chi connectivity index (χ2n) is 6.47. The van der Waals surface area contributed by atoms with Crippen LogP contribution in [0.4, 0.5) is 0 Å². The van der Waals surface area contributed by atoms with Crippen LogP contribution in [0.15, 0.2) is 26.7 Å². The number of guanidine groups is 1. The summed E-state index contributed by atoms with van der Waals surface area (Å²) in [5.41, 5.74) is 0. The van der Waals surface area contributed by atoms with Gasteiger partial charge in [-0.2, -0.15) is 0 Å². The maximum absolute atomic E-state index is 12.1. The van der Waals surface area contributed by atoms with Crippen molar-refractivity contribution in [3.63, 3.8) is 0 Å². The van der Waals surface area contributed by atoms with Crippen molar-refractivity contribution in [1.82, 2.24) is 14.9 Å². The Morgan fingerprint density at radius 3 is 2.79 bits per heavy atom. The van der Waals surface area contributed by atoms with E-state index in [-0.39, 0.29) is 12.6 Å². The molecular weight excluding hydrogens is 400 g/mol. The van der Waals surface area contributed by atoms with Gasteiger partial charge in [0.1, 0.15) is 4.21 Å². The van der Waals surface area contributed by atoms with Crippen molar-refractivity contribution >= 4 is 27.3 Å². The standard InChI is InChI=1S/C18H32N4O4S2/c1-3-19-18(20-9-10-21-28(23,24)17-6-4-15-27-17)22-11-7-16(8-12-22)26-14-5-13-25-2/h4,6,15-16,21H,3,5,7-14H2,1-2H3,(H,19,20). The van der Waals surface area contributed by atoms with E-state index in [9.17, 15) is 8.42 Å². The Morgan fingerprint density at radius 1 is 1.36 bits per heavy atom. The van der Waals surface area contributed by atoms with Gasteiger partial charge in [-0.25, -0.2) is 13.1 Å². The number of sulfonamides is 1. The van der Waals surface area contributed by atoms with E-state index in [1.54, 1.807) is 24.6 Å². The summed E-state index contributed by atoms with van der Waals surface area (Å²) >= 11 is 1.21. The molecule has 1 aromatic rings. The van der Waals surface area contributed by atoms with Gasteiger partial charge in [-0.05, 0) is 37.6 Å². The number of nitrogens with zero attached hydrogens (tertiary/aromatic N) is 2. The number of aliphatic imine (C=N–C) groups is 1. The van der Waals surface area contributed by atoms with Crippen molar-refractivity contribution in [1.29, 1.82) is 0 Å². The normalized spacial score (nSPS) is 16.5. The van der Waals surface area contributed by atoms with Crippen LogP contribution in [0.2, 0.25) is 0 Å². The van der Waals surface area contributed by atoms with Crippen LogP contribution in [0.3, 0.4) is 0 Å². The molecule has 2 heterocycles. The van der Waals surface area contributed by atoms with Crippen LogP contribution in [0.5, 0.6) is 0 Å². The highest BCUT2D eigenvalue weighted by Gasteiger charge is 2.22. The lowest BCUT2D eigenvalue weighted by Crippen LogP contribution is -2.47. The van der Waals surface area contributed by atoms with Crippen molar-refractivity contribution in [3.05, 3.63) is 17.5 Å². The molecule has 0 aliphatic carbocycles. The lowest BCUT2D eigenvalue weighted by Gasteiger charge is -2.34. The predicted molar refractivity (Wildman–Crippen MR) is 113 cm³/mol. The fraction of sp³-hybridized carbons (Fsp3) is 0.722. The van der Waals surface area contributed by atoms with Crippen molar-refractivity contribution in [2.24, 2.45) is 4.99 Å². The molecule has 10 heteroatoms. The molecule has 0 atom stereocenters. The lowest BCUT2D eigenvalue weighted by molar-refractivity contribution is 0.00991. The van der Waals surface area contributed by atoms with Crippen LogP contribution in [0.1, 0.15) is 26.2 Å². The van der Waals surface area contributed by atoms with Gasteiger partial charge >= 0.3 is 0 Å². The number of hydrogen-bond donors (Lipinski definition) is 2. The Labute approximate surface area is 172 Å². The number of likely N-dealkylation sites (tertiary alicyclic amines) is 1. The van der Waals surface area contributed by atoms with Gasteiger partial charge in [0.25, 0.3) is 0 Å². The number of piperidine rings is 1. The van der Waals surface area contributed by atoms with E-state index in [4.69, 9.17) is 9.47 Å². The van der Waals surface area contributed by atoms with Crippen LogP contribution >= 0.6 is 11.3 Å². The number of methoxy groups -OCH3 is 1. The molecule has 8 nitrogen and oxygen atoms in total. The third-order valence-corrected chi connectivity index (χ3v) is 7.21. The maximum Gasteiger partial charge on any atom is 0.250 e.